The van der Waals surface area contributed by atoms with Gasteiger partial charge in [0.2, 0.25) is 5.91 Å². The Balaban J connectivity index is 2.66. The van der Waals surface area contributed by atoms with Crippen LogP contribution in [-0.4, -0.2) is 19.0 Å². The molecule has 1 aromatic carbocycles. The van der Waals surface area contributed by atoms with Crippen molar-refractivity contribution in [3.8, 4) is 0 Å². The highest BCUT2D eigenvalue weighted by molar-refractivity contribution is 5.83. The molecule has 0 saturated heterocycles. The normalized spacial score (nSPS) is 13.4. The molecule has 19 heavy (non-hydrogen) atoms. The molecule has 0 saturated carbocycles. The van der Waals surface area contributed by atoms with Crippen molar-refractivity contribution in [1.82, 2.24) is 5.32 Å². The zero-order chi connectivity index (χ0) is 14.5. The van der Waals surface area contributed by atoms with Crippen molar-refractivity contribution in [3.63, 3.8) is 0 Å². The summed E-state index contributed by atoms with van der Waals surface area (Å²) >= 11 is 0. The molecule has 1 unspecified atom stereocenters. The van der Waals surface area contributed by atoms with Crippen molar-refractivity contribution in [2.24, 2.45) is 17.1 Å². The van der Waals surface area contributed by atoms with Crippen molar-refractivity contribution < 1.29 is 4.79 Å². The molecule has 3 nitrogen and oxygen atoms in total. The number of carbonyl (C=O) groups is 1. The maximum absolute atomic E-state index is 12.3. The lowest BCUT2D eigenvalue weighted by molar-refractivity contribution is -0.122. The lowest BCUT2D eigenvalue weighted by Crippen LogP contribution is -2.40. The molecule has 1 rings (SSSR count). The van der Waals surface area contributed by atoms with E-state index in [0.29, 0.717) is 19.0 Å². The summed E-state index contributed by atoms with van der Waals surface area (Å²) in [4.78, 5) is 12.3. The van der Waals surface area contributed by atoms with Crippen LogP contribution >= 0.6 is 0 Å². The van der Waals surface area contributed by atoms with Crippen LogP contribution in [0, 0.1) is 11.3 Å². The van der Waals surface area contributed by atoms with Gasteiger partial charge in [0.15, 0.2) is 0 Å². The van der Waals surface area contributed by atoms with Crippen LogP contribution in [0.3, 0.4) is 0 Å². The van der Waals surface area contributed by atoms with E-state index in [2.05, 4.69) is 33.0 Å². The third kappa shape index (κ3) is 4.35. The summed E-state index contributed by atoms with van der Waals surface area (Å²) in [6.07, 6.45) is 0. The van der Waals surface area contributed by atoms with Crippen molar-refractivity contribution in [2.75, 3.05) is 13.1 Å². The van der Waals surface area contributed by atoms with Crippen molar-refractivity contribution in [1.29, 1.82) is 0 Å². The summed E-state index contributed by atoms with van der Waals surface area (Å²) in [7, 11) is 0. The van der Waals surface area contributed by atoms with Gasteiger partial charge in [0.25, 0.3) is 0 Å². The average Bonchev–Trinajstić information content (AvgIpc) is 2.38. The smallest absolute Gasteiger partial charge is 0.228 e. The fourth-order valence-corrected chi connectivity index (χ4v) is 1.72. The quantitative estimate of drug-likeness (QED) is 0.827. The van der Waals surface area contributed by atoms with E-state index < -0.39 is 0 Å². The number of hydrogen-bond acceptors (Lipinski definition) is 2. The monoisotopic (exact) mass is 262 g/mol. The molecular formula is C16H26N2O. The van der Waals surface area contributed by atoms with Crippen LogP contribution in [0.5, 0.6) is 0 Å². The standard InChI is InChI=1S/C16H26N2O/c1-12(2)16(3,4)11-18-15(19)14(10-17)13-8-6-5-7-9-13/h5-9,12,14H,10-11,17H2,1-4H3,(H,18,19). The molecule has 3 N–H and O–H groups in total. The van der Waals surface area contributed by atoms with Gasteiger partial charge in [-0.2, -0.15) is 0 Å². The summed E-state index contributed by atoms with van der Waals surface area (Å²) in [6.45, 7) is 9.67. The predicted molar refractivity (Wildman–Crippen MR) is 79.9 cm³/mol. The first-order valence-corrected chi connectivity index (χ1v) is 6.91. The van der Waals surface area contributed by atoms with Crippen molar-refractivity contribution in [2.45, 2.75) is 33.6 Å². The Kier molecular flexibility index (Phi) is 5.55. The van der Waals surface area contributed by atoms with Crippen molar-refractivity contribution in [3.05, 3.63) is 35.9 Å². The first-order valence-electron chi connectivity index (χ1n) is 6.91. The fraction of sp³-hybridized carbons (Fsp3) is 0.562. The zero-order valence-electron chi connectivity index (χ0n) is 12.4. The second-order valence-corrected chi connectivity index (χ2v) is 6.06. The molecule has 0 heterocycles. The summed E-state index contributed by atoms with van der Waals surface area (Å²) < 4.78 is 0. The van der Waals surface area contributed by atoms with Gasteiger partial charge in [-0.1, -0.05) is 58.0 Å². The highest BCUT2D eigenvalue weighted by Crippen LogP contribution is 2.25. The first-order chi connectivity index (χ1) is 8.88. The highest BCUT2D eigenvalue weighted by atomic mass is 16.1. The van der Waals surface area contributed by atoms with E-state index in [-0.39, 0.29) is 17.2 Å². The summed E-state index contributed by atoms with van der Waals surface area (Å²) in [5, 5.41) is 3.03. The number of nitrogens with one attached hydrogen (secondary N) is 1. The highest BCUT2D eigenvalue weighted by Gasteiger charge is 2.25. The zero-order valence-corrected chi connectivity index (χ0v) is 12.4. The molecule has 0 aromatic heterocycles. The molecule has 106 valence electrons. The minimum atomic E-state index is -0.260. The molecule has 0 radical (unpaired) electrons. The molecule has 1 amide bonds. The van der Waals surface area contributed by atoms with Gasteiger partial charge in [0, 0.05) is 13.1 Å². The van der Waals surface area contributed by atoms with Gasteiger partial charge in [0.05, 0.1) is 5.92 Å². The number of nitrogens with two attached hydrogens (primary N) is 1. The molecule has 3 heteroatoms. The lowest BCUT2D eigenvalue weighted by Gasteiger charge is -2.30. The van der Waals surface area contributed by atoms with Gasteiger partial charge in [-0.05, 0) is 16.9 Å². The lowest BCUT2D eigenvalue weighted by atomic mass is 9.81. The van der Waals surface area contributed by atoms with Gasteiger partial charge in [-0.25, -0.2) is 0 Å². The Labute approximate surface area is 116 Å². The number of benzene rings is 1. The van der Waals surface area contributed by atoms with Gasteiger partial charge < -0.3 is 11.1 Å². The van der Waals surface area contributed by atoms with E-state index in [1.165, 1.54) is 0 Å². The van der Waals surface area contributed by atoms with E-state index in [4.69, 9.17) is 5.73 Å². The molecular weight excluding hydrogens is 236 g/mol. The van der Waals surface area contributed by atoms with Gasteiger partial charge in [0.1, 0.15) is 0 Å². The number of hydrogen-bond donors (Lipinski definition) is 2. The average molecular weight is 262 g/mol. The Morgan fingerprint density at radius 3 is 2.32 bits per heavy atom. The number of carbonyl (C=O) groups excluding carboxylic acids is 1. The van der Waals surface area contributed by atoms with Crippen LogP contribution in [0.25, 0.3) is 0 Å². The minimum Gasteiger partial charge on any atom is -0.355 e. The Bertz CT molecular complexity index is 398. The Morgan fingerprint density at radius 1 is 1.26 bits per heavy atom. The van der Waals surface area contributed by atoms with Crippen molar-refractivity contribution >= 4 is 5.91 Å². The molecule has 0 aliphatic rings. The van der Waals surface area contributed by atoms with Gasteiger partial charge in [-0.3, -0.25) is 4.79 Å². The van der Waals surface area contributed by atoms with Crippen LogP contribution in [0.1, 0.15) is 39.2 Å². The summed E-state index contributed by atoms with van der Waals surface area (Å²) in [6, 6.07) is 9.71. The van der Waals surface area contributed by atoms with Crippen LogP contribution < -0.4 is 11.1 Å². The van der Waals surface area contributed by atoms with Crippen LogP contribution in [0.15, 0.2) is 30.3 Å². The molecule has 0 spiro atoms. The van der Waals surface area contributed by atoms with E-state index in [0.717, 1.165) is 5.56 Å². The van der Waals surface area contributed by atoms with Gasteiger partial charge in [-0.15, -0.1) is 0 Å². The van der Waals surface area contributed by atoms with E-state index in [1.807, 2.05) is 30.3 Å². The predicted octanol–water partition coefficient (Wildman–Crippen LogP) is 2.53. The third-order valence-corrected chi connectivity index (χ3v) is 4.04. The topological polar surface area (TPSA) is 55.1 Å². The fourth-order valence-electron chi connectivity index (χ4n) is 1.72. The Morgan fingerprint density at radius 2 is 1.84 bits per heavy atom. The number of amides is 1. The Hall–Kier alpha value is -1.35. The molecule has 0 fully saturated rings. The summed E-state index contributed by atoms with van der Waals surface area (Å²) in [5.41, 5.74) is 6.81. The third-order valence-electron chi connectivity index (χ3n) is 4.04. The summed E-state index contributed by atoms with van der Waals surface area (Å²) in [5.74, 6) is 0.271. The first kappa shape index (κ1) is 15.7. The van der Waals surface area contributed by atoms with E-state index in [9.17, 15) is 4.79 Å². The molecule has 1 atom stereocenters. The largest absolute Gasteiger partial charge is 0.355 e. The number of rotatable bonds is 6. The maximum Gasteiger partial charge on any atom is 0.228 e. The van der Waals surface area contributed by atoms with Crippen LogP contribution in [0.2, 0.25) is 0 Å². The van der Waals surface area contributed by atoms with Crippen LogP contribution in [0.4, 0.5) is 0 Å². The van der Waals surface area contributed by atoms with E-state index >= 15 is 0 Å². The van der Waals surface area contributed by atoms with Gasteiger partial charge >= 0.3 is 0 Å². The maximum atomic E-state index is 12.3. The second-order valence-electron chi connectivity index (χ2n) is 6.06. The van der Waals surface area contributed by atoms with Crippen LogP contribution in [-0.2, 0) is 4.79 Å². The molecule has 1 aromatic rings. The molecule has 0 aliphatic heterocycles. The SMILES string of the molecule is CC(C)C(C)(C)CNC(=O)C(CN)c1ccccc1. The minimum absolute atomic E-state index is 0.0161. The molecule has 0 bridgehead atoms. The van der Waals surface area contributed by atoms with E-state index in [1.54, 1.807) is 0 Å². The molecule has 0 aliphatic carbocycles. The second kappa shape index (κ2) is 6.71.